The smallest absolute Gasteiger partial charge is 0.272 e. The highest BCUT2D eigenvalue weighted by Crippen LogP contribution is 2.32. The van der Waals surface area contributed by atoms with Gasteiger partial charge in [-0.1, -0.05) is 0 Å². The van der Waals surface area contributed by atoms with Crippen LogP contribution in [0.25, 0.3) is 10.9 Å². The van der Waals surface area contributed by atoms with Crippen molar-refractivity contribution >= 4 is 34.1 Å². The molecule has 2 heterocycles. The van der Waals surface area contributed by atoms with Gasteiger partial charge in [0, 0.05) is 16.6 Å². The van der Waals surface area contributed by atoms with E-state index in [0.717, 1.165) is 0 Å². The predicted octanol–water partition coefficient (Wildman–Crippen LogP) is 3.28. The van der Waals surface area contributed by atoms with E-state index in [-0.39, 0.29) is 17.6 Å². The SMILES string of the molecule is CC1Oc2ccc(NC(=O)c3cc4cc(F)ccc4[nH]3)cc2NC1=O. The van der Waals surface area contributed by atoms with Crippen molar-refractivity contribution in [2.75, 3.05) is 10.6 Å². The number of fused-ring (bicyclic) bond motifs is 2. The second kappa shape index (κ2) is 5.62. The van der Waals surface area contributed by atoms with Gasteiger partial charge in [0.05, 0.1) is 5.69 Å². The van der Waals surface area contributed by atoms with Gasteiger partial charge in [-0.05, 0) is 49.4 Å². The fourth-order valence-corrected chi connectivity index (χ4v) is 2.71. The van der Waals surface area contributed by atoms with Crippen LogP contribution in [-0.4, -0.2) is 22.9 Å². The van der Waals surface area contributed by atoms with Gasteiger partial charge in [-0.25, -0.2) is 4.39 Å². The largest absolute Gasteiger partial charge is 0.479 e. The number of aromatic nitrogens is 1. The van der Waals surface area contributed by atoms with E-state index >= 15 is 0 Å². The highest BCUT2D eigenvalue weighted by atomic mass is 19.1. The molecular formula is C18H14FN3O3. The molecule has 1 atom stereocenters. The summed E-state index contributed by atoms with van der Waals surface area (Å²) in [6.45, 7) is 1.66. The number of carbonyl (C=O) groups excluding carboxylic acids is 2. The molecule has 6 nitrogen and oxygen atoms in total. The summed E-state index contributed by atoms with van der Waals surface area (Å²) in [6.07, 6.45) is -0.556. The van der Waals surface area contributed by atoms with Crippen LogP contribution in [-0.2, 0) is 4.79 Å². The van der Waals surface area contributed by atoms with E-state index in [1.165, 1.54) is 12.1 Å². The number of amides is 2. The number of hydrogen-bond acceptors (Lipinski definition) is 3. The van der Waals surface area contributed by atoms with Crippen molar-refractivity contribution in [3.63, 3.8) is 0 Å². The molecule has 0 spiro atoms. The summed E-state index contributed by atoms with van der Waals surface area (Å²) in [5.74, 6) is -0.425. The average molecular weight is 339 g/mol. The number of halogens is 1. The van der Waals surface area contributed by atoms with E-state index in [0.29, 0.717) is 33.7 Å². The number of carbonyl (C=O) groups is 2. The van der Waals surface area contributed by atoms with Gasteiger partial charge in [0.1, 0.15) is 17.3 Å². The van der Waals surface area contributed by atoms with E-state index in [9.17, 15) is 14.0 Å². The molecule has 1 aromatic heterocycles. The summed E-state index contributed by atoms with van der Waals surface area (Å²) in [5.41, 5.74) is 1.99. The highest BCUT2D eigenvalue weighted by molar-refractivity contribution is 6.06. The molecule has 2 amide bonds. The van der Waals surface area contributed by atoms with Crippen molar-refractivity contribution in [3.05, 3.63) is 54.0 Å². The fraction of sp³-hybridized carbons (Fsp3) is 0.111. The lowest BCUT2D eigenvalue weighted by atomic mass is 10.2. The number of rotatable bonds is 2. The molecule has 0 saturated heterocycles. The van der Waals surface area contributed by atoms with Crippen LogP contribution in [0, 0.1) is 5.82 Å². The Morgan fingerprint density at radius 3 is 2.88 bits per heavy atom. The molecule has 0 fully saturated rings. The van der Waals surface area contributed by atoms with Gasteiger partial charge >= 0.3 is 0 Å². The van der Waals surface area contributed by atoms with Crippen LogP contribution in [0.1, 0.15) is 17.4 Å². The van der Waals surface area contributed by atoms with Crippen LogP contribution in [0.4, 0.5) is 15.8 Å². The van der Waals surface area contributed by atoms with E-state index in [1.54, 1.807) is 37.3 Å². The Bertz CT molecular complexity index is 1010. The zero-order valence-electron chi connectivity index (χ0n) is 13.2. The van der Waals surface area contributed by atoms with Gasteiger partial charge in [-0.15, -0.1) is 0 Å². The number of hydrogen-bond donors (Lipinski definition) is 3. The highest BCUT2D eigenvalue weighted by Gasteiger charge is 2.23. The van der Waals surface area contributed by atoms with Crippen molar-refractivity contribution in [2.45, 2.75) is 13.0 Å². The fourth-order valence-electron chi connectivity index (χ4n) is 2.71. The molecule has 2 aromatic carbocycles. The van der Waals surface area contributed by atoms with Crippen molar-refractivity contribution in [3.8, 4) is 5.75 Å². The standard InChI is InChI=1S/C18H14FN3O3/c1-9-17(23)22-14-8-12(3-5-16(14)25-9)20-18(24)15-7-10-6-11(19)2-4-13(10)21-15/h2-9,21H,1H3,(H,20,24)(H,22,23). The molecule has 1 aliphatic rings. The first-order valence-electron chi connectivity index (χ1n) is 7.71. The Hall–Kier alpha value is -3.35. The van der Waals surface area contributed by atoms with Crippen LogP contribution in [0.3, 0.4) is 0 Å². The molecule has 4 rings (SSSR count). The molecule has 126 valence electrons. The van der Waals surface area contributed by atoms with E-state index in [2.05, 4.69) is 15.6 Å². The van der Waals surface area contributed by atoms with Crippen LogP contribution < -0.4 is 15.4 Å². The monoisotopic (exact) mass is 339 g/mol. The first-order valence-corrected chi connectivity index (χ1v) is 7.71. The maximum atomic E-state index is 13.3. The first-order chi connectivity index (χ1) is 12.0. The molecule has 1 unspecified atom stereocenters. The molecule has 7 heteroatoms. The van der Waals surface area contributed by atoms with Crippen LogP contribution >= 0.6 is 0 Å². The molecule has 0 saturated carbocycles. The number of anilines is 2. The Morgan fingerprint density at radius 1 is 1.20 bits per heavy atom. The molecule has 0 radical (unpaired) electrons. The third-order valence-electron chi connectivity index (χ3n) is 4.00. The first kappa shape index (κ1) is 15.2. The second-order valence-corrected chi connectivity index (χ2v) is 5.83. The maximum absolute atomic E-state index is 13.3. The molecule has 0 aliphatic carbocycles. The molecular weight excluding hydrogens is 325 g/mol. The quantitative estimate of drug-likeness (QED) is 0.670. The predicted molar refractivity (Wildman–Crippen MR) is 91.4 cm³/mol. The zero-order chi connectivity index (χ0) is 17.6. The summed E-state index contributed by atoms with van der Waals surface area (Å²) in [4.78, 5) is 27.0. The number of H-pyrrole nitrogens is 1. The lowest BCUT2D eigenvalue weighted by Gasteiger charge is -2.23. The Morgan fingerprint density at radius 2 is 2.04 bits per heavy atom. The second-order valence-electron chi connectivity index (χ2n) is 5.83. The minimum Gasteiger partial charge on any atom is -0.479 e. The Balaban J connectivity index is 1.58. The number of benzene rings is 2. The van der Waals surface area contributed by atoms with Gasteiger partial charge < -0.3 is 20.4 Å². The summed E-state index contributed by atoms with van der Waals surface area (Å²) >= 11 is 0. The molecule has 1 aliphatic heterocycles. The van der Waals surface area contributed by atoms with Crippen molar-refractivity contribution in [1.29, 1.82) is 0 Å². The lowest BCUT2D eigenvalue weighted by Crippen LogP contribution is -2.34. The topological polar surface area (TPSA) is 83.2 Å². The lowest BCUT2D eigenvalue weighted by molar-refractivity contribution is -0.122. The van der Waals surface area contributed by atoms with Gasteiger partial charge in [-0.2, -0.15) is 0 Å². The van der Waals surface area contributed by atoms with Crippen molar-refractivity contribution < 1.29 is 18.7 Å². The molecule has 25 heavy (non-hydrogen) atoms. The molecule has 3 aromatic rings. The van der Waals surface area contributed by atoms with E-state index in [1.807, 2.05) is 0 Å². The van der Waals surface area contributed by atoms with Crippen molar-refractivity contribution in [1.82, 2.24) is 4.98 Å². The molecule has 3 N–H and O–H groups in total. The normalized spacial score (nSPS) is 16.1. The maximum Gasteiger partial charge on any atom is 0.272 e. The van der Waals surface area contributed by atoms with Crippen LogP contribution in [0.15, 0.2) is 42.5 Å². The van der Waals surface area contributed by atoms with Gasteiger partial charge in [-0.3, -0.25) is 9.59 Å². The third kappa shape index (κ3) is 2.80. The van der Waals surface area contributed by atoms with E-state index in [4.69, 9.17) is 4.74 Å². The Labute approximate surface area is 142 Å². The number of ether oxygens (including phenoxy) is 1. The van der Waals surface area contributed by atoms with Crippen molar-refractivity contribution in [2.24, 2.45) is 0 Å². The average Bonchev–Trinajstić information content (AvgIpc) is 2.99. The van der Waals surface area contributed by atoms with Gasteiger partial charge in [0.15, 0.2) is 6.10 Å². The summed E-state index contributed by atoms with van der Waals surface area (Å²) < 4.78 is 18.7. The minimum atomic E-state index is -0.556. The number of nitrogens with one attached hydrogen (secondary N) is 3. The summed E-state index contributed by atoms with van der Waals surface area (Å²) in [5, 5.41) is 6.08. The third-order valence-corrected chi connectivity index (χ3v) is 4.00. The summed E-state index contributed by atoms with van der Waals surface area (Å²) in [6, 6.07) is 10.8. The van der Waals surface area contributed by atoms with Gasteiger partial charge in [0.25, 0.3) is 11.8 Å². The van der Waals surface area contributed by atoms with Crippen LogP contribution in [0.5, 0.6) is 5.75 Å². The Kier molecular flexibility index (Phi) is 3.42. The van der Waals surface area contributed by atoms with Crippen LogP contribution in [0.2, 0.25) is 0 Å². The summed E-state index contributed by atoms with van der Waals surface area (Å²) in [7, 11) is 0. The zero-order valence-corrected chi connectivity index (χ0v) is 13.2. The molecule has 0 bridgehead atoms. The number of aromatic amines is 1. The van der Waals surface area contributed by atoms with Gasteiger partial charge in [0.2, 0.25) is 0 Å². The van der Waals surface area contributed by atoms with E-state index < -0.39 is 6.10 Å². The minimum absolute atomic E-state index is 0.242.